The van der Waals surface area contributed by atoms with Crippen molar-refractivity contribution >= 4 is 28.2 Å². The standard InChI is InChI=1S/C10H11IN2/c1-7(2)8-3-4-10-12-9(11)6-13(10)5-8/h3-7H,1-2H3. The molecule has 0 bridgehead atoms. The monoisotopic (exact) mass is 286 g/mol. The van der Waals surface area contributed by atoms with Crippen molar-refractivity contribution in [3.05, 3.63) is 33.8 Å². The largest absolute Gasteiger partial charge is 0.306 e. The quantitative estimate of drug-likeness (QED) is 0.736. The predicted molar refractivity (Wildman–Crippen MR) is 62.0 cm³/mol. The molecule has 0 aliphatic rings. The van der Waals surface area contributed by atoms with Crippen LogP contribution in [0.3, 0.4) is 0 Å². The Balaban J connectivity index is 2.61. The first-order valence-corrected chi connectivity index (χ1v) is 5.39. The summed E-state index contributed by atoms with van der Waals surface area (Å²) in [5.41, 5.74) is 2.37. The predicted octanol–water partition coefficient (Wildman–Crippen LogP) is 3.06. The minimum atomic E-state index is 0.574. The van der Waals surface area contributed by atoms with Crippen LogP contribution < -0.4 is 0 Å². The van der Waals surface area contributed by atoms with Gasteiger partial charge < -0.3 is 4.40 Å². The van der Waals surface area contributed by atoms with Gasteiger partial charge >= 0.3 is 0 Å². The number of hydrogen-bond donors (Lipinski definition) is 0. The first kappa shape index (κ1) is 8.99. The third kappa shape index (κ3) is 1.70. The van der Waals surface area contributed by atoms with E-state index in [4.69, 9.17) is 0 Å². The molecule has 2 rings (SSSR count). The number of aromatic nitrogens is 2. The van der Waals surface area contributed by atoms with Crippen molar-refractivity contribution in [3.8, 4) is 0 Å². The van der Waals surface area contributed by atoms with Crippen molar-refractivity contribution in [1.29, 1.82) is 0 Å². The summed E-state index contributed by atoms with van der Waals surface area (Å²) in [5, 5.41) is 0. The lowest BCUT2D eigenvalue weighted by Gasteiger charge is -2.04. The molecule has 0 N–H and O–H groups in total. The van der Waals surface area contributed by atoms with Gasteiger partial charge in [-0.2, -0.15) is 0 Å². The topological polar surface area (TPSA) is 17.3 Å². The maximum atomic E-state index is 4.36. The van der Waals surface area contributed by atoms with Crippen LogP contribution in [0.25, 0.3) is 5.65 Å². The van der Waals surface area contributed by atoms with Gasteiger partial charge in [0.15, 0.2) is 0 Å². The number of fused-ring (bicyclic) bond motifs is 1. The summed E-state index contributed by atoms with van der Waals surface area (Å²) in [6.45, 7) is 4.39. The molecule has 0 atom stereocenters. The number of halogens is 1. The summed E-state index contributed by atoms with van der Waals surface area (Å²) in [6, 6.07) is 4.21. The molecule has 0 aromatic carbocycles. The Morgan fingerprint density at radius 3 is 2.77 bits per heavy atom. The molecule has 0 saturated heterocycles. The fourth-order valence-corrected chi connectivity index (χ4v) is 1.87. The molecule has 2 aromatic heterocycles. The minimum Gasteiger partial charge on any atom is -0.306 e. The Bertz CT molecular complexity index is 431. The lowest BCUT2D eigenvalue weighted by atomic mass is 10.1. The Morgan fingerprint density at radius 2 is 2.08 bits per heavy atom. The molecule has 0 aliphatic heterocycles. The van der Waals surface area contributed by atoms with E-state index in [0.717, 1.165) is 9.35 Å². The van der Waals surface area contributed by atoms with Crippen molar-refractivity contribution in [2.75, 3.05) is 0 Å². The molecule has 2 aromatic rings. The molecular weight excluding hydrogens is 275 g/mol. The van der Waals surface area contributed by atoms with Gasteiger partial charge in [-0.3, -0.25) is 0 Å². The van der Waals surface area contributed by atoms with Crippen LogP contribution in [0.1, 0.15) is 25.3 Å². The lowest BCUT2D eigenvalue weighted by molar-refractivity contribution is 0.854. The Labute approximate surface area is 91.1 Å². The molecule has 68 valence electrons. The summed E-state index contributed by atoms with van der Waals surface area (Å²) in [5.74, 6) is 0.574. The Hall–Kier alpha value is -0.580. The zero-order valence-electron chi connectivity index (χ0n) is 7.66. The van der Waals surface area contributed by atoms with Crippen molar-refractivity contribution < 1.29 is 0 Å². The zero-order valence-corrected chi connectivity index (χ0v) is 9.82. The highest BCUT2D eigenvalue weighted by Crippen LogP contribution is 2.16. The van der Waals surface area contributed by atoms with E-state index in [0.29, 0.717) is 5.92 Å². The van der Waals surface area contributed by atoms with E-state index in [-0.39, 0.29) is 0 Å². The zero-order chi connectivity index (χ0) is 9.42. The second-order valence-corrected chi connectivity index (χ2v) is 4.55. The van der Waals surface area contributed by atoms with Crippen LogP contribution in [0.15, 0.2) is 24.5 Å². The summed E-state index contributed by atoms with van der Waals surface area (Å²) in [4.78, 5) is 4.36. The maximum Gasteiger partial charge on any atom is 0.137 e. The van der Waals surface area contributed by atoms with E-state index in [9.17, 15) is 0 Å². The summed E-state index contributed by atoms with van der Waals surface area (Å²) >= 11 is 2.23. The number of pyridine rings is 1. The highest BCUT2D eigenvalue weighted by Gasteiger charge is 2.02. The molecule has 2 heterocycles. The average Bonchev–Trinajstić information content (AvgIpc) is 2.42. The van der Waals surface area contributed by atoms with Crippen molar-refractivity contribution in [2.45, 2.75) is 19.8 Å². The van der Waals surface area contributed by atoms with Gasteiger partial charge in [0.05, 0.1) is 0 Å². The number of hydrogen-bond acceptors (Lipinski definition) is 1. The van der Waals surface area contributed by atoms with Gasteiger partial charge in [-0.1, -0.05) is 19.9 Å². The van der Waals surface area contributed by atoms with Crippen LogP contribution in [-0.2, 0) is 0 Å². The molecule has 3 heteroatoms. The lowest BCUT2D eigenvalue weighted by Crippen LogP contribution is -1.91. The van der Waals surface area contributed by atoms with Gasteiger partial charge in [0.25, 0.3) is 0 Å². The normalized spacial score (nSPS) is 11.4. The van der Waals surface area contributed by atoms with Crippen LogP contribution >= 0.6 is 22.6 Å². The van der Waals surface area contributed by atoms with Crippen molar-refractivity contribution in [3.63, 3.8) is 0 Å². The molecule has 13 heavy (non-hydrogen) atoms. The molecule has 0 radical (unpaired) electrons. The molecule has 0 unspecified atom stereocenters. The van der Waals surface area contributed by atoms with Gasteiger partial charge in [-0.25, -0.2) is 4.98 Å². The smallest absolute Gasteiger partial charge is 0.137 e. The van der Waals surface area contributed by atoms with Crippen LogP contribution in [0.4, 0.5) is 0 Å². The fraction of sp³-hybridized carbons (Fsp3) is 0.300. The van der Waals surface area contributed by atoms with Gasteiger partial charge in [-0.05, 0) is 40.1 Å². The first-order chi connectivity index (χ1) is 6.16. The van der Waals surface area contributed by atoms with E-state index < -0.39 is 0 Å². The third-order valence-electron chi connectivity index (χ3n) is 2.11. The van der Waals surface area contributed by atoms with E-state index in [1.165, 1.54) is 5.56 Å². The second-order valence-electron chi connectivity index (χ2n) is 3.45. The van der Waals surface area contributed by atoms with Crippen LogP contribution in [0.5, 0.6) is 0 Å². The van der Waals surface area contributed by atoms with Gasteiger partial charge in [0, 0.05) is 12.4 Å². The van der Waals surface area contributed by atoms with Crippen LogP contribution in [0, 0.1) is 3.70 Å². The number of imidazole rings is 1. The molecule has 0 fully saturated rings. The Kier molecular flexibility index (Phi) is 2.27. The van der Waals surface area contributed by atoms with Gasteiger partial charge in [-0.15, -0.1) is 0 Å². The van der Waals surface area contributed by atoms with Gasteiger partial charge in [0.2, 0.25) is 0 Å². The third-order valence-corrected chi connectivity index (χ3v) is 2.63. The second kappa shape index (κ2) is 3.29. The summed E-state index contributed by atoms with van der Waals surface area (Å²) in [7, 11) is 0. The van der Waals surface area contributed by atoms with E-state index in [2.05, 4.69) is 64.2 Å². The van der Waals surface area contributed by atoms with E-state index >= 15 is 0 Å². The Morgan fingerprint density at radius 1 is 1.31 bits per heavy atom. The maximum absolute atomic E-state index is 4.36. The number of nitrogens with zero attached hydrogens (tertiary/aromatic N) is 2. The molecule has 0 aliphatic carbocycles. The SMILES string of the molecule is CC(C)c1ccc2nc(I)cn2c1. The van der Waals surface area contributed by atoms with Crippen LogP contribution in [-0.4, -0.2) is 9.38 Å². The highest BCUT2D eigenvalue weighted by molar-refractivity contribution is 14.1. The van der Waals surface area contributed by atoms with E-state index in [1.807, 2.05) is 6.20 Å². The first-order valence-electron chi connectivity index (χ1n) is 4.31. The van der Waals surface area contributed by atoms with Crippen molar-refractivity contribution in [1.82, 2.24) is 9.38 Å². The molecule has 0 amide bonds. The van der Waals surface area contributed by atoms with Crippen molar-refractivity contribution in [2.24, 2.45) is 0 Å². The van der Waals surface area contributed by atoms with Crippen LogP contribution in [0.2, 0.25) is 0 Å². The average molecular weight is 286 g/mol. The molecule has 0 saturated carbocycles. The molecular formula is C10H11IN2. The van der Waals surface area contributed by atoms with E-state index in [1.54, 1.807) is 0 Å². The van der Waals surface area contributed by atoms with Gasteiger partial charge in [0.1, 0.15) is 9.35 Å². The number of rotatable bonds is 1. The minimum absolute atomic E-state index is 0.574. The fourth-order valence-electron chi connectivity index (χ4n) is 1.32. The highest BCUT2D eigenvalue weighted by atomic mass is 127. The summed E-state index contributed by atoms with van der Waals surface area (Å²) in [6.07, 6.45) is 4.19. The molecule has 2 nitrogen and oxygen atoms in total. The summed E-state index contributed by atoms with van der Waals surface area (Å²) < 4.78 is 3.12. The molecule has 0 spiro atoms.